The van der Waals surface area contributed by atoms with Gasteiger partial charge in [-0.2, -0.15) is 0 Å². The molecular formula is C17H24N2O3Si. The fourth-order valence-corrected chi connectivity index (χ4v) is 2.98. The summed E-state index contributed by atoms with van der Waals surface area (Å²) in [6.07, 6.45) is 5.27. The van der Waals surface area contributed by atoms with Crippen molar-refractivity contribution in [2.24, 2.45) is 0 Å². The quantitative estimate of drug-likeness (QED) is 0.441. The average Bonchev–Trinajstić information content (AvgIpc) is 2.94. The van der Waals surface area contributed by atoms with Crippen LogP contribution in [0.25, 0.3) is 11.3 Å². The third-order valence-corrected chi connectivity index (χ3v) is 5.25. The van der Waals surface area contributed by atoms with Crippen molar-refractivity contribution in [3.8, 4) is 11.3 Å². The molecule has 2 aromatic heterocycles. The molecule has 5 nitrogen and oxygen atoms in total. The van der Waals surface area contributed by atoms with Gasteiger partial charge < -0.3 is 14.0 Å². The summed E-state index contributed by atoms with van der Waals surface area (Å²) in [5.74, 6) is -0.349. The third-order valence-electron chi connectivity index (χ3n) is 3.55. The van der Waals surface area contributed by atoms with Gasteiger partial charge in [-0.05, 0) is 24.2 Å². The van der Waals surface area contributed by atoms with Gasteiger partial charge in [0.15, 0.2) is 0 Å². The Morgan fingerprint density at radius 3 is 2.52 bits per heavy atom. The van der Waals surface area contributed by atoms with Crippen LogP contribution >= 0.6 is 0 Å². The molecule has 0 bridgehead atoms. The summed E-state index contributed by atoms with van der Waals surface area (Å²) in [6.45, 7) is 8.12. The highest BCUT2D eigenvalue weighted by atomic mass is 28.3. The molecule has 0 fully saturated rings. The number of carbonyl (C=O) groups is 1. The van der Waals surface area contributed by atoms with Gasteiger partial charge in [-0.3, -0.25) is 4.98 Å². The Bertz CT molecular complexity index is 648. The van der Waals surface area contributed by atoms with Crippen molar-refractivity contribution in [1.82, 2.24) is 9.55 Å². The molecular weight excluding hydrogens is 308 g/mol. The van der Waals surface area contributed by atoms with Gasteiger partial charge in [0, 0.05) is 38.8 Å². The van der Waals surface area contributed by atoms with Gasteiger partial charge >= 0.3 is 5.97 Å². The number of hydrogen-bond acceptors (Lipinski definition) is 4. The number of pyridine rings is 1. The zero-order valence-corrected chi connectivity index (χ0v) is 15.2. The lowest BCUT2D eigenvalue weighted by atomic mass is 10.1. The number of methoxy groups -OCH3 is 1. The Morgan fingerprint density at radius 1 is 1.22 bits per heavy atom. The predicted molar refractivity (Wildman–Crippen MR) is 93.1 cm³/mol. The zero-order valence-electron chi connectivity index (χ0n) is 14.2. The van der Waals surface area contributed by atoms with E-state index in [1.165, 1.54) is 7.11 Å². The molecule has 0 spiro atoms. The molecule has 6 heteroatoms. The van der Waals surface area contributed by atoms with Crippen molar-refractivity contribution in [3.05, 3.63) is 42.4 Å². The van der Waals surface area contributed by atoms with Gasteiger partial charge in [0.25, 0.3) is 0 Å². The van der Waals surface area contributed by atoms with E-state index in [-0.39, 0.29) is 5.97 Å². The number of carbonyl (C=O) groups excluding carboxylic acids is 1. The molecule has 0 N–H and O–H groups in total. The highest BCUT2D eigenvalue weighted by Crippen LogP contribution is 2.25. The highest BCUT2D eigenvalue weighted by Gasteiger charge is 2.18. The molecule has 0 unspecified atom stereocenters. The molecule has 0 atom stereocenters. The predicted octanol–water partition coefficient (Wildman–Crippen LogP) is 3.65. The van der Waals surface area contributed by atoms with E-state index in [0.717, 1.165) is 23.9 Å². The largest absolute Gasteiger partial charge is 0.465 e. The molecule has 0 aliphatic carbocycles. The summed E-state index contributed by atoms with van der Waals surface area (Å²) in [4.78, 5) is 16.0. The lowest BCUT2D eigenvalue weighted by Crippen LogP contribution is -2.22. The SMILES string of the molecule is COC(=O)c1ccn(COCC[Si](C)(C)C)c1-c1ccncc1. The van der Waals surface area contributed by atoms with E-state index in [1.807, 2.05) is 22.9 Å². The second kappa shape index (κ2) is 7.57. The number of hydrogen-bond donors (Lipinski definition) is 0. The van der Waals surface area contributed by atoms with E-state index >= 15 is 0 Å². The van der Waals surface area contributed by atoms with Crippen LogP contribution in [0.5, 0.6) is 0 Å². The van der Waals surface area contributed by atoms with Crippen LogP contribution in [0.4, 0.5) is 0 Å². The number of nitrogens with zero attached hydrogens (tertiary/aromatic N) is 2. The van der Waals surface area contributed by atoms with Gasteiger partial charge in [0.05, 0.1) is 18.4 Å². The first-order valence-corrected chi connectivity index (χ1v) is 11.4. The minimum Gasteiger partial charge on any atom is -0.465 e. The highest BCUT2D eigenvalue weighted by molar-refractivity contribution is 6.76. The van der Waals surface area contributed by atoms with Crippen LogP contribution in [0.15, 0.2) is 36.8 Å². The Balaban J connectivity index is 2.20. The van der Waals surface area contributed by atoms with Crippen LogP contribution < -0.4 is 0 Å². The lowest BCUT2D eigenvalue weighted by molar-refractivity contribution is 0.0600. The Labute approximate surface area is 138 Å². The molecule has 23 heavy (non-hydrogen) atoms. The van der Waals surface area contributed by atoms with Gasteiger partial charge in [0.1, 0.15) is 6.73 Å². The molecule has 2 aromatic rings. The summed E-state index contributed by atoms with van der Waals surface area (Å²) >= 11 is 0. The van der Waals surface area contributed by atoms with Crippen LogP contribution in [-0.4, -0.2) is 37.3 Å². The van der Waals surface area contributed by atoms with Crippen molar-refractivity contribution in [1.29, 1.82) is 0 Å². The van der Waals surface area contributed by atoms with Crippen LogP contribution in [-0.2, 0) is 16.2 Å². The maximum atomic E-state index is 12.0. The molecule has 0 saturated carbocycles. The second-order valence-electron chi connectivity index (χ2n) is 6.62. The number of ether oxygens (including phenoxy) is 2. The maximum Gasteiger partial charge on any atom is 0.340 e. The maximum absolute atomic E-state index is 12.0. The van der Waals surface area contributed by atoms with Crippen LogP contribution in [0.3, 0.4) is 0 Å². The number of esters is 1. The fourth-order valence-electron chi connectivity index (χ4n) is 2.23. The van der Waals surface area contributed by atoms with Gasteiger partial charge in [0.2, 0.25) is 0 Å². The molecule has 0 saturated heterocycles. The summed E-state index contributed by atoms with van der Waals surface area (Å²) < 4.78 is 12.6. The number of aromatic nitrogens is 2. The summed E-state index contributed by atoms with van der Waals surface area (Å²) in [6, 6.07) is 6.63. The third kappa shape index (κ3) is 4.77. The van der Waals surface area contributed by atoms with Gasteiger partial charge in [-0.15, -0.1) is 0 Å². The topological polar surface area (TPSA) is 53.4 Å². The van der Waals surface area contributed by atoms with Gasteiger partial charge in [-0.1, -0.05) is 19.6 Å². The van der Waals surface area contributed by atoms with Crippen molar-refractivity contribution < 1.29 is 14.3 Å². The van der Waals surface area contributed by atoms with Crippen molar-refractivity contribution in [3.63, 3.8) is 0 Å². The van der Waals surface area contributed by atoms with Crippen molar-refractivity contribution in [2.45, 2.75) is 32.4 Å². The second-order valence-corrected chi connectivity index (χ2v) is 12.2. The van der Waals surface area contributed by atoms with Crippen molar-refractivity contribution in [2.75, 3.05) is 13.7 Å². The van der Waals surface area contributed by atoms with E-state index in [4.69, 9.17) is 9.47 Å². The Hall–Kier alpha value is -1.92. The van der Waals surface area contributed by atoms with Gasteiger partial charge in [-0.25, -0.2) is 4.79 Å². The lowest BCUT2D eigenvalue weighted by Gasteiger charge is -2.16. The zero-order chi connectivity index (χ0) is 16.9. The standard InChI is InChI=1S/C17H24N2O3Si/c1-21-17(20)15-7-10-19(13-22-11-12-23(2,3)4)16(15)14-5-8-18-9-6-14/h5-10H,11-13H2,1-4H3. The van der Waals surface area contributed by atoms with E-state index < -0.39 is 8.07 Å². The smallest absolute Gasteiger partial charge is 0.340 e. The normalized spacial score (nSPS) is 11.5. The van der Waals surface area contributed by atoms with E-state index in [9.17, 15) is 4.79 Å². The average molecular weight is 332 g/mol. The van der Waals surface area contributed by atoms with E-state index in [2.05, 4.69) is 24.6 Å². The molecule has 2 rings (SSSR count). The first kappa shape index (κ1) is 17.4. The van der Waals surface area contributed by atoms with E-state index in [1.54, 1.807) is 18.5 Å². The molecule has 0 aromatic carbocycles. The van der Waals surface area contributed by atoms with Crippen molar-refractivity contribution >= 4 is 14.0 Å². The number of rotatable bonds is 7. The van der Waals surface area contributed by atoms with Crippen LogP contribution in [0, 0.1) is 0 Å². The monoisotopic (exact) mass is 332 g/mol. The molecule has 0 aliphatic rings. The Morgan fingerprint density at radius 2 is 1.91 bits per heavy atom. The first-order valence-electron chi connectivity index (χ1n) is 7.68. The summed E-state index contributed by atoms with van der Waals surface area (Å²) in [5.41, 5.74) is 2.25. The van der Waals surface area contributed by atoms with Crippen LogP contribution in [0.1, 0.15) is 10.4 Å². The molecule has 124 valence electrons. The minimum absolute atomic E-state index is 0.349. The molecule has 0 radical (unpaired) electrons. The minimum atomic E-state index is -1.11. The Kier molecular flexibility index (Phi) is 5.73. The first-order chi connectivity index (χ1) is 10.9. The summed E-state index contributed by atoms with van der Waals surface area (Å²) in [7, 11) is 0.281. The molecule has 0 amide bonds. The fraction of sp³-hybridized carbons (Fsp3) is 0.412. The molecule has 2 heterocycles. The summed E-state index contributed by atoms with van der Waals surface area (Å²) in [5, 5.41) is 0. The molecule has 0 aliphatic heterocycles. The van der Waals surface area contributed by atoms with E-state index in [0.29, 0.717) is 12.3 Å². The van der Waals surface area contributed by atoms with Crippen LogP contribution in [0.2, 0.25) is 25.7 Å².